The number of thioether (sulfide) groups is 1. The molecule has 5 heteroatoms. The quantitative estimate of drug-likeness (QED) is 0.779. The minimum atomic E-state index is 0.184. The second-order valence-electron chi connectivity index (χ2n) is 3.54. The first-order valence-corrected chi connectivity index (χ1v) is 6.36. The Hall–Kier alpha value is -0.420. The van der Waals surface area contributed by atoms with E-state index in [4.69, 9.17) is 0 Å². The van der Waals surface area contributed by atoms with E-state index in [1.807, 2.05) is 13.8 Å². The van der Waals surface area contributed by atoms with Gasteiger partial charge in [-0.05, 0) is 13.3 Å². The topological polar surface area (TPSA) is 42.9 Å². The van der Waals surface area contributed by atoms with E-state index in [-0.39, 0.29) is 5.92 Å². The molecule has 0 spiro atoms. The van der Waals surface area contributed by atoms with Crippen LogP contribution < -0.4 is 0 Å². The summed E-state index contributed by atoms with van der Waals surface area (Å²) in [4.78, 5) is 11.3. The van der Waals surface area contributed by atoms with Crippen LogP contribution in [0.25, 0.3) is 0 Å². The molecular weight excluding hydrogens is 216 g/mol. The summed E-state index contributed by atoms with van der Waals surface area (Å²) in [5.41, 5.74) is 0. The van der Waals surface area contributed by atoms with Crippen molar-refractivity contribution in [2.24, 2.45) is 5.92 Å². The van der Waals surface area contributed by atoms with Crippen LogP contribution in [0, 0.1) is 12.8 Å². The first kappa shape index (κ1) is 10.1. The molecule has 1 aromatic rings. The van der Waals surface area contributed by atoms with Crippen LogP contribution in [-0.4, -0.2) is 21.2 Å². The Morgan fingerprint density at radius 2 is 2.29 bits per heavy atom. The molecule has 0 amide bonds. The first-order chi connectivity index (χ1) is 6.66. The van der Waals surface area contributed by atoms with E-state index in [1.54, 1.807) is 23.1 Å². The Kier molecular flexibility index (Phi) is 2.88. The van der Waals surface area contributed by atoms with E-state index < -0.39 is 0 Å². The highest BCUT2D eigenvalue weighted by Gasteiger charge is 2.32. The van der Waals surface area contributed by atoms with Crippen LogP contribution in [0.15, 0.2) is 4.34 Å². The summed E-state index contributed by atoms with van der Waals surface area (Å²) in [5, 5.41) is 9.43. The van der Waals surface area contributed by atoms with Gasteiger partial charge in [0.25, 0.3) is 0 Å². The zero-order valence-electron chi connectivity index (χ0n) is 8.19. The summed E-state index contributed by atoms with van der Waals surface area (Å²) in [5.74, 6) is 0.577. The van der Waals surface area contributed by atoms with Gasteiger partial charge >= 0.3 is 0 Å². The highest BCUT2D eigenvalue weighted by molar-refractivity contribution is 8.01. The molecule has 0 aromatic carbocycles. The van der Waals surface area contributed by atoms with Crippen molar-refractivity contribution in [1.82, 2.24) is 10.2 Å². The molecule has 1 aliphatic rings. The van der Waals surface area contributed by atoms with Crippen molar-refractivity contribution in [2.75, 3.05) is 0 Å². The highest BCUT2D eigenvalue weighted by atomic mass is 32.2. The van der Waals surface area contributed by atoms with Crippen molar-refractivity contribution in [3.8, 4) is 0 Å². The second-order valence-corrected chi connectivity index (χ2v) is 6.20. The van der Waals surface area contributed by atoms with Gasteiger partial charge in [0.1, 0.15) is 10.8 Å². The van der Waals surface area contributed by atoms with Crippen molar-refractivity contribution >= 4 is 28.9 Å². The molecule has 1 fully saturated rings. The normalized spacial score (nSPS) is 27.1. The Labute approximate surface area is 91.3 Å². The third-order valence-electron chi connectivity index (χ3n) is 2.50. The molecule has 0 aliphatic heterocycles. The van der Waals surface area contributed by atoms with Gasteiger partial charge in [-0.25, -0.2) is 0 Å². The van der Waals surface area contributed by atoms with E-state index in [0.717, 1.165) is 22.2 Å². The average molecular weight is 228 g/mol. The predicted octanol–water partition coefficient (Wildman–Crippen LogP) is 2.31. The van der Waals surface area contributed by atoms with Crippen molar-refractivity contribution < 1.29 is 4.79 Å². The minimum absolute atomic E-state index is 0.184. The highest BCUT2D eigenvalue weighted by Crippen LogP contribution is 2.37. The number of hydrogen-bond acceptors (Lipinski definition) is 5. The van der Waals surface area contributed by atoms with Gasteiger partial charge in [0, 0.05) is 17.6 Å². The molecule has 1 aromatic heterocycles. The number of Topliss-reactive ketones (excluding diaryl/α,β-unsaturated/α-hetero) is 1. The Morgan fingerprint density at radius 3 is 2.79 bits per heavy atom. The van der Waals surface area contributed by atoms with Gasteiger partial charge in [0.05, 0.1) is 0 Å². The maximum atomic E-state index is 11.3. The van der Waals surface area contributed by atoms with Gasteiger partial charge in [-0.2, -0.15) is 0 Å². The predicted molar refractivity (Wildman–Crippen MR) is 57.7 cm³/mol. The third kappa shape index (κ3) is 1.98. The molecule has 0 N–H and O–H groups in total. The molecule has 76 valence electrons. The number of carbonyl (C=O) groups is 1. The molecule has 2 unspecified atom stereocenters. The zero-order valence-corrected chi connectivity index (χ0v) is 9.82. The molecule has 3 nitrogen and oxygen atoms in total. The largest absolute Gasteiger partial charge is 0.299 e. The van der Waals surface area contributed by atoms with Crippen LogP contribution in [0.3, 0.4) is 0 Å². The monoisotopic (exact) mass is 228 g/mol. The van der Waals surface area contributed by atoms with Crippen LogP contribution in [0.2, 0.25) is 0 Å². The lowest BCUT2D eigenvalue weighted by molar-refractivity contribution is -0.120. The molecule has 2 rings (SSSR count). The van der Waals surface area contributed by atoms with E-state index in [2.05, 4.69) is 10.2 Å². The number of nitrogens with zero attached hydrogens (tertiary/aromatic N) is 2. The lowest BCUT2D eigenvalue weighted by Crippen LogP contribution is -2.11. The van der Waals surface area contributed by atoms with Gasteiger partial charge in [0.15, 0.2) is 4.34 Å². The number of ketones is 1. The zero-order chi connectivity index (χ0) is 10.1. The summed E-state index contributed by atoms with van der Waals surface area (Å²) < 4.78 is 0.994. The Balaban J connectivity index is 2.02. The molecule has 2 atom stereocenters. The van der Waals surface area contributed by atoms with E-state index in [9.17, 15) is 4.79 Å². The molecule has 1 heterocycles. The number of rotatable bonds is 2. The van der Waals surface area contributed by atoms with Crippen molar-refractivity contribution in [2.45, 2.75) is 36.3 Å². The third-order valence-corrected chi connectivity index (χ3v) is 4.90. The number of aromatic nitrogens is 2. The SMILES string of the molecule is Cc1nnc(SC2CCC(=O)C2C)s1. The van der Waals surface area contributed by atoms with Crippen molar-refractivity contribution in [1.29, 1.82) is 0 Å². The second kappa shape index (κ2) is 3.98. The first-order valence-electron chi connectivity index (χ1n) is 4.66. The fraction of sp³-hybridized carbons (Fsp3) is 0.667. The summed E-state index contributed by atoms with van der Waals surface area (Å²) in [6.45, 7) is 3.96. The van der Waals surface area contributed by atoms with Crippen LogP contribution in [0.1, 0.15) is 24.8 Å². The fourth-order valence-electron chi connectivity index (χ4n) is 1.59. The smallest absolute Gasteiger partial charge is 0.174 e. The number of aryl methyl sites for hydroxylation is 1. The van der Waals surface area contributed by atoms with E-state index in [1.165, 1.54) is 0 Å². The summed E-state index contributed by atoms with van der Waals surface area (Å²) in [6.07, 6.45) is 1.72. The molecule has 1 saturated carbocycles. The lowest BCUT2D eigenvalue weighted by atomic mass is 10.1. The van der Waals surface area contributed by atoms with Gasteiger partial charge in [-0.15, -0.1) is 10.2 Å². The number of carbonyl (C=O) groups excluding carboxylic acids is 1. The maximum Gasteiger partial charge on any atom is 0.174 e. The van der Waals surface area contributed by atoms with Crippen molar-refractivity contribution in [3.63, 3.8) is 0 Å². The lowest BCUT2D eigenvalue weighted by Gasteiger charge is -2.10. The standard InChI is InChI=1S/C9H12N2OS2/c1-5-7(12)3-4-8(5)14-9-11-10-6(2)13-9/h5,8H,3-4H2,1-2H3. The summed E-state index contributed by atoms with van der Waals surface area (Å²) in [6, 6.07) is 0. The molecule has 0 radical (unpaired) electrons. The van der Waals surface area contributed by atoms with Gasteiger partial charge in [-0.1, -0.05) is 30.0 Å². The fourth-order valence-corrected chi connectivity index (χ4v) is 3.87. The average Bonchev–Trinajstić information content (AvgIpc) is 2.67. The van der Waals surface area contributed by atoms with Crippen LogP contribution in [-0.2, 0) is 4.79 Å². The summed E-state index contributed by atoms with van der Waals surface area (Å²) in [7, 11) is 0. The van der Waals surface area contributed by atoms with Gasteiger partial charge in [-0.3, -0.25) is 4.79 Å². The van der Waals surface area contributed by atoms with Crippen molar-refractivity contribution in [3.05, 3.63) is 5.01 Å². The van der Waals surface area contributed by atoms with Crippen LogP contribution in [0.4, 0.5) is 0 Å². The molecule has 14 heavy (non-hydrogen) atoms. The molecular formula is C9H12N2OS2. The summed E-state index contributed by atoms with van der Waals surface area (Å²) >= 11 is 3.32. The minimum Gasteiger partial charge on any atom is -0.299 e. The molecule has 0 bridgehead atoms. The van der Waals surface area contributed by atoms with E-state index >= 15 is 0 Å². The maximum absolute atomic E-state index is 11.3. The van der Waals surface area contributed by atoms with Crippen LogP contribution in [0.5, 0.6) is 0 Å². The Morgan fingerprint density at radius 1 is 1.50 bits per heavy atom. The number of hydrogen-bond donors (Lipinski definition) is 0. The molecule has 1 aliphatic carbocycles. The van der Waals surface area contributed by atoms with Gasteiger partial charge in [0.2, 0.25) is 0 Å². The van der Waals surface area contributed by atoms with E-state index in [0.29, 0.717) is 11.0 Å². The van der Waals surface area contributed by atoms with Gasteiger partial charge < -0.3 is 0 Å². The van der Waals surface area contributed by atoms with Crippen LogP contribution >= 0.6 is 23.1 Å². The molecule has 0 saturated heterocycles. The Bertz CT molecular complexity index is 350.